The van der Waals surface area contributed by atoms with Crippen molar-refractivity contribution in [3.8, 4) is 11.3 Å². The van der Waals surface area contributed by atoms with Crippen LogP contribution in [0.25, 0.3) is 16.9 Å². The fourth-order valence-electron chi connectivity index (χ4n) is 2.76. The van der Waals surface area contributed by atoms with Crippen LogP contribution >= 0.6 is 0 Å². The average Bonchev–Trinajstić information content (AvgIpc) is 3.13. The Morgan fingerprint density at radius 3 is 2.65 bits per heavy atom. The molecule has 0 aliphatic carbocycles. The lowest BCUT2D eigenvalue weighted by atomic mass is 10.2. The number of hydrogen-bond acceptors (Lipinski definition) is 5. The summed E-state index contributed by atoms with van der Waals surface area (Å²) in [6.45, 7) is 3.76. The molecule has 0 fully saturated rings. The molecule has 3 N–H and O–H groups in total. The predicted molar refractivity (Wildman–Crippen MR) is 93.8 cm³/mol. The van der Waals surface area contributed by atoms with Crippen molar-refractivity contribution in [2.45, 2.75) is 20.3 Å². The molecule has 9 heteroatoms. The van der Waals surface area contributed by atoms with Gasteiger partial charge in [-0.1, -0.05) is 0 Å². The van der Waals surface area contributed by atoms with E-state index in [0.29, 0.717) is 11.5 Å². The number of imidazole rings is 1. The average molecular weight is 357 g/mol. The first-order chi connectivity index (χ1) is 12.3. The molecular weight excluding hydrogens is 338 g/mol. The van der Waals surface area contributed by atoms with Crippen LogP contribution < -0.4 is 16.6 Å². The summed E-state index contributed by atoms with van der Waals surface area (Å²) < 4.78 is 8.52. The molecule has 9 nitrogen and oxygen atoms in total. The molecule has 26 heavy (non-hydrogen) atoms. The van der Waals surface area contributed by atoms with Crippen molar-refractivity contribution in [1.82, 2.24) is 19.3 Å². The van der Waals surface area contributed by atoms with Gasteiger partial charge < -0.3 is 20.0 Å². The molecule has 3 heterocycles. The third-order valence-electron chi connectivity index (χ3n) is 4.06. The largest absolute Gasteiger partial charge is 0.466 e. The molecule has 0 aliphatic heterocycles. The van der Waals surface area contributed by atoms with E-state index in [9.17, 15) is 14.4 Å². The highest BCUT2D eigenvalue weighted by atomic mass is 16.3. The number of carbonyl (C=O) groups excluding carboxylic acids is 2. The normalized spacial score (nSPS) is 11.0. The van der Waals surface area contributed by atoms with Crippen LogP contribution in [0.1, 0.15) is 28.4 Å². The summed E-state index contributed by atoms with van der Waals surface area (Å²) >= 11 is 0. The van der Waals surface area contributed by atoms with E-state index in [0.717, 1.165) is 11.3 Å². The van der Waals surface area contributed by atoms with Crippen LogP contribution in [-0.4, -0.2) is 32.3 Å². The molecule has 136 valence electrons. The highest BCUT2D eigenvalue weighted by Crippen LogP contribution is 2.25. The molecule has 0 aromatic carbocycles. The first-order valence-corrected chi connectivity index (χ1v) is 8.00. The number of furan rings is 1. The second-order valence-corrected chi connectivity index (χ2v) is 6.03. The molecule has 0 saturated carbocycles. The van der Waals surface area contributed by atoms with Crippen molar-refractivity contribution in [2.24, 2.45) is 12.8 Å². The molecule has 3 rings (SSSR count). The van der Waals surface area contributed by atoms with Gasteiger partial charge in [-0.05, 0) is 19.9 Å². The third-order valence-corrected chi connectivity index (χ3v) is 4.06. The Kier molecular flexibility index (Phi) is 4.37. The monoisotopic (exact) mass is 357 g/mol. The summed E-state index contributed by atoms with van der Waals surface area (Å²) in [6.07, 6.45) is 3.23. The molecule has 3 aromatic rings. The minimum atomic E-state index is -0.510. The molecule has 0 saturated heterocycles. The standard InChI is InChI=1S/C17H19N5O4/c1-9-6-11(10(2)26-9)13-8-22-7-12(16(24)19-5-4-14(18)23)20-15(22)17(25)21(13)3/h6-8H,4-5H2,1-3H3,(H2,18,23)(H,19,24). The molecule has 0 aliphatic rings. The number of rotatable bonds is 5. The summed E-state index contributed by atoms with van der Waals surface area (Å²) in [5.41, 5.74) is 6.37. The zero-order chi connectivity index (χ0) is 19.0. The van der Waals surface area contributed by atoms with Gasteiger partial charge in [0, 0.05) is 38.0 Å². The van der Waals surface area contributed by atoms with E-state index in [4.69, 9.17) is 10.2 Å². The van der Waals surface area contributed by atoms with E-state index >= 15 is 0 Å². The van der Waals surface area contributed by atoms with Crippen molar-refractivity contribution >= 4 is 17.5 Å². The van der Waals surface area contributed by atoms with Gasteiger partial charge in [0.25, 0.3) is 11.5 Å². The number of amides is 2. The minimum absolute atomic E-state index is 0.0319. The highest BCUT2D eigenvalue weighted by molar-refractivity contribution is 5.93. The molecule has 2 amide bonds. The third kappa shape index (κ3) is 3.10. The quantitative estimate of drug-likeness (QED) is 0.688. The zero-order valence-corrected chi connectivity index (χ0v) is 14.7. The van der Waals surface area contributed by atoms with Crippen LogP contribution in [0, 0.1) is 13.8 Å². The van der Waals surface area contributed by atoms with Crippen LogP contribution in [0.4, 0.5) is 0 Å². The predicted octanol–water partition coefficient (Wildman–Crippen LogP) is 0.515. The maximum atomic E-state index is 12.6. The smallest absolute Gasteiger partial charge is 0.294 e. The topological polar surface area (TPSA) is 125 Å². The minimum Gasteiger partial charge on any atom is -0.466 e. The first kappa shape index (κ1) is 17.5. The molecule has 0 atom stereocenters. The number of nitrogens with one attached hydrogen (secondary N) is 1. The van der Waals surface area contributed by atoms with E-state index < -0.39 is 11.8 Å². The van der Waals surface area contributed by atoms with Crippen LogP contribution in [0.15, 0.2) is 27.7 Å². The lowest BCUT2D eigenvalue weighted by Crippen LogP contribution is -2.28. The van der Waals surface area contributed by atoms with E-state index in [1.807, 2.05) is 19.9 Å². The maximum absolute atomic E-state index is 12.6. The van der Waals surface area contributed by atoms with E-state index in [2.05, 4.69) is 10.3 Å². The zero-order valence-electron chi connectivity index (χ0n) is 14.7. The lowest BCUT2D eigenvalue weighted by molar-refractivity contribution is -0.117. The van der Waals surface area contributed by atoms with Crippen LogP contribution in [0.3, 0.4) is 0 Å². The van der Waals surface area contributed by atoms with Gasteiger partial charge in [0.1, 0.15) is 17.2 Å². The molecule has 3 aromatic heterocycles. The molecule has 0 unspecified atom stereocenters. The lowest BCUT2D eigenvalue weighted by Gasteiger charge is -2.07. The maximum Gasteiger partial charge on any atom is 0.294 e. The Bertz CT molecular complexity index is 1070. The Morgan fingerprint density at radius 1 is 1.31 bits per heavy atom. The summed E-state index contributed by atoms with van der Waals surface area (Å²) in [4.78, 5) is 39.6. The van der Waals surface area contributed by atoms with E-state index in [1.54, 1.807) is 13.2 Å². The number of aromatic nitrogens is 3. The first-order valence-electron chi connectivity index (χ1n) is 8.00. The van der Waals surface area contributed by atoms with Gasteiger partial charge in [-0.3, -0.25) is 18.8 Å². The van der Waals surface area contributed by atoms with Gasteiger partial charge in [-0.15, -0.1) is 0 Å². The van der Waals surface area contributed by atoms with Crippen LogP contribution in [-0.2, 0) is 11.8 Å². The molecule has 0 bridgehead atoms. The van der Waals surface area contributed by atoms with Crippen LogP contribution in [0.5, 0.6) is 0 Å². The van der Waals surface area contributed by atoms with Gasteiger partial charge in [0.05, 0.1) is 5.69 Å². The number of hydrogen-bond donors (Lipinski definition) is 2. The number of primary amides is 1. The van der Waals surface area contributed by atoms with Crippen molar-refractivity contribution in [3.63, 3.8) is 0 Å². The van der Waals surface area contributed by atoms with Crippen molar-refractivity contribution in [3.05, 3.63) is 46.0 Å². The Morgan fingerprint density at radius 2 is 2.04 bits per heavy atom. The number of carbonyl (C=O) groups is 2. The number of aryl methyl sites for hydroxylation is 2. The van der Waals surface area contributed by atoms with Gasteiger partial charge in [-0.2, -0.15) is 0 Å². The number of fused-ring (bicyclic) bond motifs is 1. The SMILES string of the molecule is Cc1cc(-c2cn3cc(C(=O)NCCC(N)=O)nc3c(=O)n2C)c(C)o1. The van der Waals surface area contributed by atoms with Crippen molar-refractivity contribution in [2.75, 3.05) is 6.54 Å². The molecule has 0 spiro atoms. The Balaban J connectivity index is 2.01. The van der Waals surface area contributed by atoms with E-state index in [-0.39, 0.29) is 29.9 Å². The Labute approximate surface area is 148 Å². The fourth-order valence-corrected chi connectivity index (χ4v) is 2.76. The van der Waals surface area contributed by atoms with Crippen molar-refractivity contribution < 1.29 is 14.0 Å². The Hall–Kier alpha value is -3.36. The summed E-state index contributed by atoms with van der Waals surface area (Å²) in [7, 11) is 1.64. The van der Waals surface area contributed by atoms with Gasteiger partial charge in [0.15, 0.2) is 0 Å². The highest BCUT2D eigenvalue weighted by Gasteiger charge is 2.17. The van der Waals surface area contributed by atoms with Crippen molar-refractivity contribution in [1.29, 1.82) is 0 Å². The van der Waals surface area contributed by atoms with Gasteiger partial charge in [-0.25, -0.2) is 4.98 Å². The summed E-state index contributed by atoms with van der Waals surface area (Å²) in [5.74, 6) is 0.449. The number of nitrogens with zero attached hydrogens (tertiary/aromatic N) is 3. The number of nitrogens with two attached hydrogens (primary N) is 1. The van der Waals surface area contributed by atoms with E-state index in [1.165, 1.54) is 15.2 Å². The summed E-state index contributed by atoms with van der Waals surface area (Å²) in [6, 6.07) is 1.85. The molecular formula is C17H19N5O4. The van der Waals surface area contributed by atoms with Gasteiger partial charge >= 0.3 is 0 Å². The summed E-state index contributed by atoms with van der Waals surface area (Å²) in [5, 5.41) is 2.54. The fraction of sp³-hybridized carbons (Fsp3) is 0.294. The second kappa shape index (κ2) is 6.51. The molecule has 0 radical (unpaired) electrons. The van der Waals surface area contributed by atoms with Crippen LogP contribution in [0.2, 0.25) is 0 Å². The second-order valence-electron chi connectivity index (χ2n) is 6.03. The van der Waals surface area contributed by atoms with Gasteiger partial charge in [0.2, 0.25) is 11.6 Å².